The van der Waals surface area contributed by atoms with Crippen LogP contribution in [-0.2, 0) is 0 Å². The fourth-order valence-corrected chi connectivity index (χ4v) is 2.49. The van der Waals surface area contributed by atoms with Crippen LogP contribution in [0.15, 0.2) is 24.3 Å². The van der Waals surface area contributed by atoms with Gasteiger partial charge in [0, 0.05) is 0 Å². The van der Waals surface area contributed by atoms with Gasteiger partial charge in [0.2, 0.25) is 0 Å². The number of alkyl halides is 4. The molecule has 126 valence electrons. The van der Waals surface area contributed by atoms with Crippen LogP contribution in [0.3, 0.4) is 0 Å². The summed E-state index contributed by atoms with van der Waals surface area (Å²) in [5.74, 6) is -3.42. The fourth-order valence-electron chi connectivity index (χ4n) is 2.49. The van der Waals surface area contributed by atoms with Crippen molar-refractivity contribution in [2.75, 3.05) is 0 Å². The Morgan fingerprint density at radius 3 is 1.38 bits per heavy atom. The molecule has 6 nitrogen and oxygen atoms in total. The molecule has 2 heterocycles. The highest BCUT2D eigenvalue weighted by atomic mass is 19.3. The molecule has 2 aliphatic rings. The first-order chi connectivity index (χ1) is 11.2. The topological polar surface area (TPSA) is 77.4 Å². The molecular weight excluding hydrogens is 340 g/mol. The third kappa shape index (κ3) is 2.02. The van der Waals surface area contributed by atoms with Crippen LogP contribution < -0.4 is 18.9 Å². The van der Waals surface area contributed by atoms with Gasteiger partial charge in [-0.3, -0.25) is 0 Å². The minimum atomic E-state index is -4.01. The molecule has 2 aliphatic heterocycles. The van der Waals surface area contributed by atoms with E-state index in [0.29, 0.717) is 0 Å². The summed E-state index contributed by atoms with van der Waals surface area (Å²) in [6.07, 6.45) is -8.03. The molecule has 10 heteroatoms. The van der Waals surface area contributed by atoms with Gasteiger partial charge in [0.05, 0.1) is 11.1 Å². The molecule has 2 aromatic rings. The van der Waals surface area contributed by atoms with Crippen LogP contribution in [0, 0.1) is 0 Å². The summed E-state index contributed by atoms with van der Waals surface area (Å²) in [6, 6.07) is 3.96. The van der Waals surface area contributed by atoms with E-state index in [1.165, 1.54) is 0 Å². The van der Waals surface area contributed by atoms with Gasteiger partial charge >= 0.3 is 12.6 Å². The van der Waals surface area contributed by atoms with Gasteiger partial charge < -0.3 is 29.2 Å². The van der Waals surface area contributed by atoms with E-state index in [0.717, 1.165) is 24.3 Å². The molecule has 0 atom stereocenters. The zero-order valence-corrected chi connectivity index (χ0v) is 11.3. The standard InChI is InChI=1S/C14H6F4O6/c15-13(16)21-7-3-1-5(19)9(11(7)23-13)10-6(20)2-4-8-12(10)24-14(17,18)22-8/h1-4,19-20H. The SMILES string of the molecule is Oc1ccc2c(c1-c1c(O)ccc3c1OC(F)(F)O3)OC(F)(F)O2. The molecule has 0 aliphatic carbocycles. The average molecular weight is 346 g/mol. The second-order valence-corrected chi connectivity index (χ2v) is 4.91. The lowest BCUT2D eigenvalue weighted by Crippen LogP contribution is -2.26. The fraction of sp³-hybridized carbons (Fsp3) is 0.143. The van der Waals surface area contributed by atoms with E-state index in [4.69, 9.17) is 0 Å². The summed E-state index contributed by atoms with van der Waals surface area (Å²) in [7, 11) is 0. The van der Waals surface area contributed by atoms with Crippen molar-refractivity contribution < 1.29 is 46.7 Å². The van der Waals surface area contributed by atoms with Crippen LogP contribution in [0.1, 0.15) is 0 Å². The number of aromatic hydroxyl groups is 2. The molecule has 0 unspecified atom stereocenters. The molecule has 0 saturated heterocycles. The van der Waals surface area contributed by atoms with Crippen molar-refractivity contribution in [3.05, 3.63) is 24.3 Å². The zero-order valence-electron chi connectivity index (χ0n) is 11.3. The zero-order chi connectivity index (χ0) is 17.3. The lowest BCUT2D eigenvalue weighted by atomic mass is 10.00. The van der Waals surface area contributed by atoms with Crippen molar-refractivity contribution in [1.82, 2.24) is 0 Å². The highest BCUT2D eigenvalue weighted by Crippen LogP contribution is 2.58. The summed E-state index contributed by atoms with van der Waals surface area (Å²) < 4.78 is 70.3. The second kappa shape index (κ2) is 4.28. The second-order valence-electron chi connectivity index (χ2n) is 4.91. The lowest BCUT2D eigenvalue weighted by molar-refractivity contribution is -0.288. The van der Waals surface area contributed by atoms with Gasteiger partial charge in [0.1, 0.15) is 11.5 Å². The minimum Gasteiger partial charge on any atom is -0.507 e. The third-order valence-electron chi connectivity index (χ3n) is 3.35. The Morgan fingerprint density at radius 2 is 1.00 bits per heavy atom. The van der Waals surface area contributed by atoms with Gasteiger partial charge in [-0.15, -0.1) is 17.6 Å². The molecule has 0 radical (unpaired) electrons. The number of hydrogen-bond donors (Lipinski definition) is 2. The molecule has 0 aromatic heterocycles. The molecule has 0 bridgehead atoms. The normalized spacial score (nSPS) is 18.7. The van der Waals surface area contributed by atoms with Crippen molar-refractivity contribution in [1.29, 1.82) is 0 Å². The van der Waals surface area contributed by atoms with Gasteiger partial charge in [-0.2, -0.15) is 0 Å². The van der Waals surface area contributed by atoms with E-state index in [1.54, 1.807) is 0 Å². The predicted molar refractivity (Wildman–Crippen MR) is 67.6 cm³/mol. The maximum absolute atomic E-state index is 13.3. The Morgan fingerprint density at radius 1 is 0.625 bits per heavy atom. The molecule has 0 fully saturated rings. The molecular formula is C14H6F4O6. The number of rotatable bonds is 1. The monoisotopic (exact) mass is 346 g/mol. The molecule has 4 rings (SSSR count). The van der Waals surface area contributed by atoms with Crippen molar-refractivity contribution in [3.8, 4) is 45.6 Å². The first kappa shape index (κ1) is 14.5. The van der Waals surface area contributed by atoms with E-state index >= 15 is 0 Å². The number of phenolic OH excluding ortho intramolecular Hbond substituents is 2. The molecule has 0 saturated carbocycles. The molecule has 24 heavy (non-hydrogen) atoms. The van der Waals surface area contributed by atoms with Crippen LogP contribution in [0.25, 0.3) is 11.1 Å². The Hall–Kier alpha value is -3.04. The number of hydrogen-bond acceptors (Lipinski definition) is 6. The number of phenols is 2. The average Bonchev–Trinajstić information content (AvgIpc) is 2.94. The molecule has 2 N–H and O–H groups in total. The van der Waals surface area contributed by atoms with Crippen LogP contribution in [0.5, 0.6) is 34.5 Å². The first-order valence-corrected chi connectivity index (χ1v) is 6.41. The van der Waals surface area contributed by atoms with Crippen molar-refractivity contribution in [2.45, 2.75) is 12.6 Å². The van der Waals surface area contributed by atoms with Gasteiger partial charge in [0.15, 0.2) is 23.0 Å². The van der Waals surface area contributed by atoms with Gasteiger partial charge in [-0.25, -0.2) is 0 Å². The summed E-state index contributed by atoms with van der Waals surface area (Å²) >= 11 is 0. The number of ether oxygens (including phenoxy) is 4. The van der Waals surface area contributed by atoms with E-state index in [9.17, 15) is 27.8 Å². The van der Waals surface area contributed by atoms with Crippen LogP contribution in [0.4, 0.5) is 17.6 Å². The third-order valence-corrected chi connectivity index (χ3v) is 3.35. The lowest BCUT2D eigenvalue weighted by Gasteiger charge is -2.13. The van der Waals surface area contributed by atoms with Crippen molar-refractivity contribution >= 4 is 0 Å². The Bertz CT molecular complexity index is 795. The van der Waals surface area contributed by atoms with Gasteiger partial charge in [-0.05, 0) is 24.3 Å². The summed E-state index contributed by atoms with van der Waals surface area (Å²) in [5, 5.41) is 20.0. The summed E-state index contributed by atoms with van der Waals surface area (Å²) in [5.41, 5.74) is -0.999. The Labute approximate surface area is 130 Å². The molecule has 0 spiro atoms. The quantitative estimate of drug-likeness (QED) is 0.771. The molecule has 0 amide bonds. The highest BCUT2D eigenvalue weighted by molar-refractivity contribution is 5.89. The number of halogens is 4. The Kier molecular flexibility index (Phi) is 2.59. The first-order valence-electron chi connectivity index (χ1n) is 6.41. The van der Waals surface area contributed by atoms with E-state index < -0.39 is 58.2 Å². The van der Waals surface area contributed by atoms with Crippen LogP contribution in [0.2, 0.25) is 0 Å². The van der Waals surface area contributed by atoms with Crippen LogP contribution >= 0.6 is 0 Å². The van der Waals surface area contributed by atoms with Crippen molar-refractivity contribution in [2.24, 2.45) is 0 Å². The maximum Gasteiger partial charge on any atom is 0.586 e. The summed E-state index contributed by atoms with van der Waals surface area (Å²) in [4.78, 5) is 0. The maximum atomic E-state index is 13.3. The summed E-state index contributed by atoms with van der Waals surface area (Å²) in [6.45, 7) is 0. The predicted octanol–water partition coefficient (Wildman–Crippen LogP) is 3.41. The smallest absolute Gasteiger partial charge is 0.507 e. The number of fused-ring (bicyclic) bond motifs is 2. The Balaban J connectivity index is 1.98. The molecule has 2 aromatic carbocycles. The van der Waals surface area contributed by atoms with Crippen molar-refractivity contribution in [3.63, 3.8) is 0 Å². The van der Waals surface area contributed by atoms with Gasteiger partial charge in [-0.1, -0.05) is 0 Å². The van der Waals surface area contributed by atoms with E-state index in [-0.39, 0.29) is 0 Å². The number of benzene rings is 2. The minimum absolute atomic E-state index is 0.449. The highest BCUT2D eigenvalue weighted by Gasteiger charge is 2.49. The largest absolute Gasteiger partial charge is 0.586 e. The van der Waals surface area contributed by atoms with E-state index in [2.05, 4.69) is 18.9 Å². The van der Waals surface area contributed by atoms with Crippen LogP contribution in [-0.4, -0.2) is 22.8 Å². The van der Waals surface area contributed by atoms with E-state index in [1.807, 2.05) is 0 Å². The van der Waals surface area contributed by atoms with Gasteiger partial charge in [0.25, 0.3) is 0 Å².